The van der Waals surface area contributed by atoms with Crippen LogP contribution in [-0.2, 0) is 23.8 Å². The predicted octanol–water partition coefficient (Wildman–Crippen LogP) is 3.54. The molecule has 1 saturated heterocycles. The highest BCUT2D eigenvalue weighted by molar-refractivity contribution is 5.93. The number of esters is 2. The van der Waals surface area contributed by atoms with E-state index in [1.54, 1.807) is 6.08 Å². The summed E-state index contributed by atoms with van der Waals surface area (Å²) in [6, 6.07) is 0. The zero-order valence-electron chi connectivity index (χ0n) is 16.0. The van der Waals surface area contributed by atoms with E-state index in [9.17, 15) is 9.59 Å². The molecule has 2 fully saturated rings. The lowest BCUT2D eigenvalue weighted by atomic mass is 9.46. The molecule has 142 valence electrons. The predicted molar refractivity (Wildman–Crippen MR) is 94.9 cm³/mol. The first-order chi connectivity index (χ1) is 12.3. The fourth-order valence-electron chi connectivity index (χ4n) is 5.93. The molecule has 0 aromatic rings. The fraction of sp³-hybridized carbons (Fsp3) is 0.714. The van der Waals surface area contributed by atoms with Gasteiger partial charge in [0.25, 0.3) is 0 Å². The van der Waals surface area contributed by atoms with Gasteiger partial charge in [0.1, 0.15) is 6.10 Å². The summed E-state index contributed by atoms with van der Waals surface area (Å²) in [5.41, 5.74) is 1.44. The third kappa shape index (κ3) is 2.32. The smallest absolute Gasteiger partial charge is 0.336 e. The van der Waals surface area contributed by atoms with Gasteiger partial charge in [0.2, 0.25) is 6.29 Å². The van der Waals surface area contributed by atoms with Crippen LogP contribution in [0.5, 0.6) is 0 Å². The lowest BCUT2D eigenvalue weighted by molar-refractivity contribution is -0.155. The van der Waals surface area contributed by atoms with Gasteiger partial charge in [-0.1, -0.05) is 26.8 Å². The Morgan fingerprint density at radius 3 is 2.69 bits per heavy atom. The van der Waals surface area contributed by atoms with E-state index in [0.717, 1.165) is 31.3 Å². The molecule has 1 saturated carbocycles. The van der Waals surface area contributed by atoms with Crippen molar-refractivity contribution in [1.82, 2.24) is 0 Å². The Morgan fingerprint density at radius 2 is 2.00 bits per heavy atom. The number of methoxy groups -OCH3 is 1. The summed E-state index contributed by atoms with van der Waals surface area (Å²) in [7, 11) is 1.54. The second-order valence-corrected chi connectivity index (χ2v) is 8.77. The van der Waals surface area contributed by atoms with Crippen LogP contribution in [-0.4, -0.2) is 31.4 Å². The van der Waals surface area contributed by atoms with Crippen LogP contribution in [0.15, 0.2) is 23.3 Å². The molecule has 4 aliphatic rings. The van der Waals surface area contributed by atoms with Crippen molar-refractivity contribution in [3.8, 4) is 0 Å². The third-order valence-corrected chi connectivity index (χ3v) is 7.72. The molecule has 4 rings (SSSR count). The molecule has 0 aromatic carbocycles. The van der Waals surface area contributed by atoms with Gasteiger partial charge in [0, 0.05) is 23.7 Å². The van der Waals surface area contributed by atoms with Gasteiger partial charge in [-0.05, 0) is 55.4 Å². The largest absolute Gasteiger partial charge is 0.458 e. The average Bonchev–Trinajstić information content (AvgIpc) is 3.09. The van der Waals surface area contributed by atoms with Crippen molar-refractivity contribution in [3.05, 3.63) is 23.3 Å². The van der Waals surface area contributed by atoms with Crippen molar-refractivity contribution in [1.29, 1.82) is 0 Å². The number of ether oxygens (including phenoxy) is 3. The monoisotopic (exact) mass is 360 g/mol. The van der Waals surface area contributed by atoms with Gasteiger partial charge in [-0.2, -0.15) is 0 Å². The molecule has 0 radical (unpaired) electrons. The molecule has 2 aliphatic heterocycles. The number of hydrogen-bond donors (Lipinski definition) is 0. The van der Waals surface area contributed by atoms with Crippen LogP contribution >= 0.6 is 0 Å². The molecular formula is C21H28O5. The Labute approximate surface area is 154 Å². The van der Waals surface area contributed by atoms with Crippen LogP contribution in [0.3, 0.4) is 0 Å². The highest BCUT2D eigenvalue weighted by atomic mass is 16.7. The minimum absolute atomic E-state index is 0.0110. The van der Waals surface area contributed by atoms with E-state index in [4.69, 9.17) is 14.2 Å². The molecule has 0 aromatic heterocycles. The SMILES string of the molecule is COC1C=C(CC[C@@]2(C)[C@H](C)C[C@@H]3OC(=O)C4=CCC[C@@H]2[C@@]43C)C(=O)O1. The van der Waals surface area contributed by atoms with Crippen molar-refractivity contribution in [2.24, 2.45) is 22.7 Å². The van der Waals surface area contributed by atoms with Gasteiger partial charge < -0.3 is 14.2 Å². The molecule has 5 nitrogen and oxygen atoms in total. The normalized spacial score (nSPS) is 44.2. The van der Waals surface area contributed by atoms with Crippen molar-refractivity contribution < 1.29 is 23.8 Å². The van der Waals surface area contributed by atoms with Crippen LogP contribution in [0, 0.1) is 22.7 Å². The minimum atomic E-state index is -0.555. The van der Waals surface area contributed by atoms with Crippen molar-refractivity contribution >= 4 is 11.9 Å². The number of cyclic esters (lactones) is 1. The Bertz CT molecular complexity index is 707. The second kappa shape index (κ2) is 5.95. The van der Waals surface area contributed by atoms with Gasteiger partial charge in [-0.3, -0.25) is 0 Å². The van der Waals surface area contributed by atoms with Crippen molar-refractivity contribution in [3.63, 3.8) is 0 Å². The first-order valence-corrected chi connectivity index (χ1v) is 9.66. The van der Waals surface area contributed by atoms with Gasteiger partial charge in [0.15, 0.2) is 0 Å². The zero-order chi connectivity index (χ0) is 18.7. The van der Waals surface area contributed by atoms with E-state index in [2.05, 4.69) is 26.8 Å². The Morgan fingerprint density at radius 1 is 1.23 bits per heavy atom. The maximum atomic E-state index is 12.4. The molecule has 0 N–H and O–H groups in total. The molecule has 5 heteroatoms. The summed E-state index contributed by atoms with van der Waals surface area (Å²) in [5.74, 6) is 0.416. The average molecular weight is 360 g/mol. The third-order valence-electron chi connectivity index (χ3n) is 7.72. The molecule has 6 atom stereocenters. The van der Waals surface area contributed by atoms with Gasteiger partial charge in [0.05, 0.1) is 0 Å². The van der Waals surface area contributed by atoms with E-state index in [1.807, 2.05) is 0 Å². The number of hydrogen-bond acceptors (Lipinski definition) is 5. The van der Waals surface area contributed by atoms with Crippen LogP contribution in [0.4, 0.5) is 0 Å². The second-order valence-electron chi connectivity index (χ2n) is 8.77. The topological polar surface area (TPSA) is 61.8 Å². The minimum Gasteiger partial charge on any atom is -0.458 e. The van der Waals surface area contributed by atoms with E-state index in [-0.39, 0.29) is 28.9 Å². The molecule has 2 heterocycles. The number of carbonyl (C=O) groups is 2. The number of allylic oxidation sites excluding steroid dienone is 1. The van der Waals surface area contributed by atoms with E-state index in [0.29, 0.717) is 23.8 Å². The first-order valence-electron chi connectivity index (χ1n) is 9.66. The summed E-state index contributed by atoms with van der Waals surface area (Å²) in [4.78, 5) is 24.4. The summed E-state index contributed by atoms with van der Waals surface area (Å²) in [5, 5.41) is 0. The number of rotatable bonds is 4. The molecule has 0 bridgehead atoms. The maximum Gasteiger partial charge on any atom is 0.336 e. The Hall–Kier alpha value is -1.62. The van der Waals surface area contributed by atoms with E-state index >= 15 is 0 Å². The van der Waals surface area contributed by atoms with Gasteiger partial charge in [-0.25, -0.2) is 9.59 Å². The lowest BCUT2D eigenvalue weighted by Crippen LogP contribution is -2.54. The van der Waals surface area contributed by atoms with Crippen LogP contribution in [0.2, 0.25) is 0 Å². The van der Waals surface area contributed by atoms with E-state index in [1.165, 1.54) is 7.11 Å². The highest BCUT2D eigenvalue weighted by Crippen LogP contribution is 2.65. The Kier molecular flexibility index (Phi) is 4.07. The van der Waals surface area contributed by atoms with Gasteiger partial charge >= 0.3 is 11.9 Å². The summed E-state index contributed by atoms with van der Waals surface area (Å²) in [6.07, 6.45) is 7.78. The van der Waals surface area contributed by atoms with Crippen molar-refractivity contribution in [2.75, 3.05) is 7.11 Å². The molecule has 0 amide bonds. The Balaban J connectivity index is 1.60. The molecular weight excluding hydrogens is 332 g/mol. The first kappa shape index (κ1) is 17.8. The van der Waals surface area contributed by atoms with Crippen LogP contribution in [0.25, 0.3) is 0 Å². The summed E-state index contributed by atoms with van der Waals surface area (Å²) < 4.78 is 16.1. The standard InChI is InChI=1S/C21H28O5/c1-12-10-16-21(3)14(19(23)25-16)6-5-7-15(21)20(12,2)9-8-13-11-17(24-4)26-18(13)22/h6,11-12,15-17H,5,7-10H2,1-4H3/t12-,15+,16+,17?,20+,21-/m1/s1. The molecule has 0 spiro atoms. The van der Waals surface area contributed by atoms with Crippen LogP contribution < -0.4 is 0 Å². The summed E-state index contributed by atoms with van der Waals surface area (Å²) >= 11 is 0. The fourth-order valence-corrected chi connectivity index (χ4v) is 5.93. The molecule has 26 heavy (non-hydrogen) atoms. The summed E-state index contributed by atoms with van der Waals surface area (Å²) in [6.45, 7) is 6.82. The van der Waals surface area contributed by atoms with Crippen LogP contribution in [0.1, 0.15) is 52.9 Å². The van der Waals surface area contributed by atoms with Crippen molar-refractivity contribution in [2.45, 2.75) is 65.3 Å². The molecule has 1 unspecified atom stereocenters. The van der Waals surface area contributed by atoms with Gasteiger partial charge in [-0.15, -0.1) is 0 Å². The maximum absolute atomic E-state index is 12.4. The van der Waals surface area contributed by atoms with E-state index < -0.39 is 6.29 Å². The lowest BCUT2D eigenvalue weighted by Gasteiger charge is -2.57. The zero-order valence-corrected chi connectivity index (χ0v) is 16.0. The quantitative estimate of drug-likeness (QED) is 0.718. The number of carbonyl (C=O) groups excluding carboxylic acids is 2. The highest BCUT2D eigenvalue weighted by Gasteiger charge is 2.64. The molecule has 2 aliphatic carbocycles.